The van der Waals surface area contributed by atoms with Gasteiger partial charge in [-0.1, -0.05) is 13.3 Å². The van der Waals surface area contributed by atoms with Crippen LogP contribution in [0.25, 0.3) is 0 Å². The van der Waals surface area contributed by atoms with Gasteiger partial charge in [-0.25, -0.2) is 9.59 Å². The Kier molecular flexibility index (Phi) is 5.05. The first kappa shape index (κ1) is 13.9. The van der Waals surface area contributed by atoms with Crippen LogP contribution in [0.4, 0.5) is 0 Å². The summed E-state index contributed by atoms with van der Waals surface area (Å²) in [5.74, 6) is -2.99. The topological polar surface area (TPSA) is 80.7 Å². The molecule has 0 amide bonds. The Morgan fingerprint density at radius 1 is 1.11 bits per heavy atom. The lowest BCUT2D eigenvalue weighted by molar-refractivity contribution is -0.131. The minimum atomic E-state index is -1.52. The molecule has 0 heterocycles. The molecule has 0 aliphatic rings. The van der Waals surface area contributed by atoms with Gasteiger partial charge in [0, 0.05) is 5.56 Å². The first-order chi connectivity index (χ1) is 8.56. The summed E-state index contributed by atoms with van der Waals surface area (Å²) in [5, 5.41) is 8.52. The monoisotopic (exact) mass is 250 g/mol. The third kappa shape index (κ3) is 3.69. The molecule has 0 aliphatic heterocycles. The molecule has 0 atom stereocenters. The molecule has 5 nitrogen and oxygen atoms in total. The number of esters is 1. The zero-order chi connectivity index (χ0) is 13.5. The average molecular weight is 250 g/mol. The van der Waals surface area contributed by atoms with Gasteiger partial charge in [-0.05, 0) is 30.7 Å². The molecule has 1 N–H and O–H groups in total. The van der Waals surface area contributed by atoms with Gasteiger partial charge in [0.1, 0.15) is 0 Å². The van der Waals surface area contributed by atoms with E-state index in [1.54, 1.807) is 0 Å². The Balaban J connectivity index is 2.68. The van der Waals surface area contributed by atoms with E-state index in [9.17, 15) is 14.4 Å². The third-order valence-electron chi connectivity index (χ3n) is 2.31. The number of carboxylic acids is 1. The molecule has 18 heavy (non-hydrogen) atoms. The van der Waals surface area contributed by atoms with Gasteiger partial charge in [-0.3, -0.25) is 4.79 Å². The van der Waals surface area contributed by atoms with Gasteiger partial charge in [-0.2, -0.15) is 0 Å². The summed E-state index contributed by atoms with van der Waals surface area (Å²) in [6, 6.07) is 5.36. The maximum atomic E-state index is 11.5. The molecule has 0 saturated carbocycles. The van der Waals surface area contributed by atoms with Crippen LogP contribution in [-0.2, 0) is 9.53 Å². The Bertz CT molecular complexity index is 447. The molecule has 1 rings (SSSR count). The number of hydrogen-bond acceptors (Lipinski definition) is 4. The normalized spacial score (nSPS) is 9.83. The van der Waals surface area contributed by atoms with E-state index in [0.29, 0.717) is 12.2 Å². The molecule has 5 heteroatoms. The first-order valence-electron chi connectivity index (χ1n) is 5.61. The molecule has 0 saturated heterocycles. The number of benzene rings is 1. The van der Waals surface area contributed by atoms with Crippen molar-refractivity contribution in [2.75, 3.05) is 6.61 Å². The lowest BCUT2D eigenvalue weighted by Gasteiger charge is -2.04. The number of unbranched alkanes of at least 4 members (excludes halogenated alkanes) is 1. The number of aliphatic carboxylic acids is 1. The van der Waals surface area contributed by atoms with Crippen molar-refractivity contribution in [3.05, 3.63) is 35.4 Å². The second-order valence-corrected chi connectivity index (χ2v) is 3.70. The fourth-order valence-corrected chi connectivity index (χ4v) is 1.27. The smallest absolute Gasteiger partial charge is 0.377 e. The molecule has 96 valence electrons. The highest BCUT2D eigenvalue weighted by molar-refractivity contribution is 6.39. The van der Waals surface area contributed by atoms with Crippen LogP contribution in [-0.4, -0.2) is 29.4 Å². The summed E-state index contributed by atoms with van der Waals surface area (Å²) < 4.78 is 4.98. The summed E-state index contributed by atoms with van der Waals surface area (Å²) in [7, 11) is 0. The summed E-state index contributed by atoms with van der Waals surface area (Å²) in [6.07, 6.45) is 1.72. The molecule has 1 aromatic rings. The second kappa shape index (κ2) is 6.54. The van der Waals surface area contributed by atoms with Gasteiger partial charge in [-0.15, -0.1) is 0 Å². The van der Waals surface area contributed by atoms with Crippen molar-refractivity contribution in [1.29, 1.82) is 0 Å². The highest BCUT2D eigenvalue weighted by Crippen LogP contribution is 2.07. The average Bonchev–Trinajstić information content (AvgIpc) is 2.38. The fraction of sp³-hybridized carbons (Fsp3) is 0.308. The van der Waals surface area contributed by atoms with Gasteiger partial charge < -0.3 is 9.84 Å². The number of ether oxygens (including phenoxy) is 1. The van der Waals surface area contributed by atoms with Crippen LogP contribution in [0.3, 0.4) is 0 Å². The number of carbonyl (C=O) groups excluding carboxylic acids is 2. The number of hydrogen-bond donors (Lipinski definition) is 1. The summed E-state index contributed by atoms with van der Waals surface area (Å²) >= 11 is 0. The van der Waals surface area contributed by atoms with Gasteiger partial charge in [0.05, 0.1) is 12.2 Å². The molecule has 0 radical (unpaired) electrons. The fourth-order valence-electron chi connectivity index (χ4n) is 1.27. The molecule has 0 aliphatic carbocycles. The van der Waals surface area contributed by atoms with Crippen molar-refractivity contribution in [2.45, 2.75) is 19.8 Å². The molecule has 0 bridgehead atoms. The van der Waals surface area contributed by atoms with E-state index in [4.69, 9.17) is 9.84 Å². The third-order valence-corrected chi connectivity index (χ3v) is 2.31. The van der Waals surface area contributed by atoms with Crippen molar-refractivity contribution in [3.8, 4) is 0 Å². The number of ketones is 1. The molecule has 0 unspecified atom stereocenters. The van der Waals surface area contributed by atoms with E-state index < -0.39 is 17.7 Å². The lowest BCUT2D eigenvalue weighted by Crippen LogP contribution is -2.13. The van der Waals surface area contributed by atoms with E-state index >= 15 is 0 Å². The lowest BCUT2D eigenvalue weighted by atomic mass is 10.1. The standard InChI is InChI=1S/C13H14O5/c1-2-3-8-18-13(17)10-6-4-9(5-7-10)11(14)12(15)16/h4-7H,2-3,8H2,1H3,(H,15,16). The van der Waals surface area contributed by atoms with E-state index in [-0.39, 0.29) is 5.56 Å². The largest absolute Gasteiger partial charge is 0.475 e. The molecule has 0 aromatic heterocycles. The summed E-state index contributed by atoms with van der Waals surface area (Å²) in [6.45, 7) is 2.34. The maximum absolute atomic E-state index is 11.5. The molecule has 0 fully saturated rings. The van der Waals surface area contributed by atoms with Crippen LogP contribution >= 0.6 is 0 Å². The van der Waals surface area contributed by atoms with Crippen LogP contribution < -0.4 is 0 Å². The van der Waals surface area contributed by atoms with Crippen LogP contribution in [0.5, 0.6) is 0 Å². The van der Waals surface area contributed by atoms with Crippen LogP contribution in [0.15, 0.2) is 24.3 Å². The van der Waals surface area contributed by atoms with Crippen LogP contribution in [0, 0.1) is 0 Å². The SMILES string of the molecule is CCCCOC(=O)c1ccc(C(=O)C(=O)O)cc1. The number of rotatable bonds is 6. The van der Waals surface area contributed by atoms with Gasteiger partial charge in [0.15, 0.2) is 0 Å². The van der Waals surface area contributed by atoms with E-state index in [1.807, 2.05) is 6.92 Å². The van der Waals surface area contributed by atoms with Gasteiger partial charge >= 0.3 is 11.9 Å². The van der Waals surface area contributed by atoms with E-state index in [1.165, 1.54) is 24.3 Å². The number of carbonyl (C=O) groups is 3. The van der Waals surface area contributed by atoms with Gasteiger partial charge in [0.2, 0.25) is 0 Å². The molecular formula is C13H14O5. The Morgan fingerprint density at radius 3 is 2.17 bits per heavy atom. The predicted octanol–water partition coefficient (Wildman–Crippen LogP) is 1.91. The predicted molar refractivity (Wildman–Crippen MR) is 63.6 cm³/mol. The molecular weight excluding hydrogens is 236 g/mol. The molecule has 0 spiro atoms. The van der Waals surface area contributed by atoms with Crippen molar-refractivity contribution in [1.82, 2.24) is 0 Å². The van der Waals surface area contributed by atoms with Gasteiger partial charge in [0.25, 0.3) is 5.78 Å². The highest BCUT2D eigenvalue weighted by atomic mass is 16.5. The number of carboxylic acid groups (broad SMARTS) is 1. The highest BCUT2D eigenvalue weighted by Gasteiger charge is 2.15. The van der Waals surface area contributed by atoms with Crippen molar-refractivity contribution in [2.24, 2.45) is 0 Å². The first-order valence-corrected chi connectivity index (χ1v) is 5.61. The minimum Gasteiger partial charge on any atom is -0.475 e. The van der Waals surface area contributed by atoms with Crippen LogP contribution in [0.1, 0.15) is 40.5 Å². The Hall–Kier alpha value is -2.17. The zero-order valence-corrected chi connectivity index (χ0v) is 10.0. The number of Topliss-reactive ketones (excluding diaryl/α,β-unsaturated/α-hetero) is 1. The maximum Gasteiger partial charge on any atom is 0.377 e. The van der Waals surface area contributed by atoms with Crippen molar-refractivity contribution < 1.29 is 24.2 Å². The van der Waals surface area contributed by atoms with Crippen LogP contribution in [0.2, 0.25) is 0 Å². The quantitative estimate of drug-likeness (QED) is 0.361. The van der Waals surface area contributed by atoms with E-state index in [2.05, 4.69) is 0 Å². The summed E-state index contributed by atoms with van der Waals surface area (Å²) in [4.78, 5) is 33.1. The summed E-state index contributed by atoms with van der Waals surface area (Å²) in [5.41, 5.74) is 0.334. The zero-order valence-electron chi connectivity index (χ0n) is 10.0. The minimum absolute atomic E-state index is 0.0348. The second-order valence-electron chi connectivity index (χ2n) is 3.70. The Morgan fingerprint density at radius 2 is 1.67 bits per heavy atom. The molecule has 1 aromatic carbocycles. The Labute approximate surface area is 104 Å². The van der Waals surface area contributed by atoms with E-state index in [0.717, 1.165) is 12.8 Å². The van der Waals surface area contributed by atoms with Crippen molar-refractivity contribution in [3.63, 3.8) is 0 Å². The van der Waals surface area contributed by atoms with Crippen molar-refractivity contribution >= 4 is 17.7 Å².